The minimum absolute atomic E-state index is 0.0572. The van der Waals surface area contributed by atoms with E-state index in [1.165, 1.54) is 0 Å². The molecule has 0 saturated heterocycles. The Kier molecular flexibility index (Phi) is 4.19. The van der Waals surface area contributed by atoms with Crippen LogP contribution in [0.5, 0.6) is 5.75 Å². The number of hydrogen-bond acceptors (Lipinski definition) is 3. The Bertz CT molecular complexity index is 666. The third-order valence-electron chi connectivity index (χ3n) is 4.15. The minimum atomic E-state index is -0.805. The zero-order chi connectivity index (χ0) is 15.6. The van der Waals surface area contributed by atoms with Gasteiger partial charge >= 0.3 is 5.97 Å². The molecule has 0 radical (unpaired) electrons. The van der Waals surface area contributed by atoms with E-state index >= 15 is 0 Å². The van der Waals surface area contributed by atoms with Gasteiger partial charge < -0.3 is 9.84 Å². The van der Waals surface area contributed by atoms with Gasteiger partial charge in [-0.25, -0.2) is 0 Å². The molecule has 0 heterocycles. The van der Waals surface area contributed by atoms with Crippen LogP contribution in [0.15, 0.2) is 36.4 Å². The van der Waals surface area contributed by atoms with Crippen molar-refractivity contribution in [3.63, 3.8) is 0 Å². The first-order valence-electron chi connectivity index (χ1n) is 6.84. The van der Waals surface area contributed by atoms with Crippen molar-refractivity contribution in [2.45, 2.75) is 18.9 Å². The summed E-state index contributed by atoms with van der Waals surface area (Å²) < 4.78 is 5.22. The Morgan fingerprint density at radius 3 is 2.38 bits per heavy atom. The lowest BCUT2D eigenvalue weighted by atomic mass is 9.86. The van der Waals surface area contributed by atoms with E-state index in [-0.39, 0.29) is 6.42 Å². The minimum Gasteiger partial charge on any atom is -0.497 e. The first kappa shape index (κ1) is 15.3. The summed E-state index contributed by atoms with van der Waals surface area (Å²) in [5.41, 5.74) is 0.451. The molecule has 4 heteroatoms. The van der Waals surface area contributed by atoms with E-state index in [2.05, 4.69) is 6.07 Å². The molecule has 21 heavy (non-hydrogen) atoms. The monoisotopic (exact) mass is 287 g/mol. The summed E-state index contributed by atoms with van der Waals surface area (Å²) in [5, 5.41) is 11.4. The second-order valence-electron chi connectivity index (χ2n) is 5.67. The standard InChI is InChI=1S/C17H21NO3/c1-17(18(2)3,11-16(19)20)14-7-5-13-10-15(21-4)8-6-12(13)9-14/h5-10H,11H2,1-4H3,(H,19,20). The largest absolute Gasteiger partial charge is 0.497 e. The quantitative estimate of drug-likeness (QED) is 0.918. The average Bonchev–Trinajstić information content (AvgIpc) is 2.45. The lowest BCUT2D eigenvalue weighted by molar-refractivity contribution is -0.140. The number of fused-ring (bicyclic) bond motifs is 1. The van der Waals surface area contributed by atoms with Crippen LogP contribution >= 0.6 is 0 Å². The highest BCUT2D eigenvalue weighted by molar-refractivity contribution is 5.85. The van der Waals surface area contributed by atoms with Crippen molar-refractivity contribution in [2.75, 3.05) is 21.2 Å². The maximum atomic E-state index is 11.2. The van der Waals surface area contributed by atoms with E-state index in [1.807, 2.05) is 56.3 Å². The SMILES string of the molecule is COc1ccc2cc(C(C)(CC(=O)O)N(C)C)ccc2c1. The zero-order valence-corrected chi connectivity index (χ0v) is 12.9. The summed E-state index contributed by atoms with van der Waals surface area (Å²) in [5.74, 6) is 0.0113. The second kappa shape index (κ2) is 5.74. The molecule has 2 aromatic carbocycles. The number of nitrogens with zero attached hydrogens (tertiary/aromatic N) is 1. The van der Waals surface area contributed by atoms with Crippen LogP contribution in [0.4, 0.5) is 0 Å². The van der Waals surface area contributed by atoms with Crippen molar-refractivity contribution in [3.8, 4) is 5.75 Å². The van der Waals surface area contributed by atoms with Crippen molar-refractivity contribution >= 4 is 16.7 Å². The van der Waals surface area contributed by atoms with Gasteiger partial charge in [0.05, 0.1) is 19.1 Å². The predicted molar refractivity (Wildman–Crippen MR) is 83.8 cm³/mol. The molecular formula is C17H21NO3. The maximum Gasteiger partial charge on any atom is 0.305 e. The van der Waals surface area contributed by atoms with Crippen molar-refractivity contribution in [3.05, 3.63) is 42.0 Å². The second-order valence-corrected chi connectivity index (χ2v) is 5.67. The highest BCUT2D eigenvalue weighted by Gasteiger charge is 2.32. The van der Waals surface area contributed by atoms with E-state index in [0.717, 1.165) is 22.1 Å². The summed E-state index contributed by atoms with van der Waals surface area (Å²) in [6.07, 6.45) is 0.0572. The van der Waals surface area contributed by atoms with Gasteiger partial charge in [0.25, 0.3) is 0 Å². The van der Waals surface area contributed by atoms with Crippen molar-refractivity contribution in [1.82, 2.24) is 4.90 Å². The summed E-state index contributed by atoms with van der Waals surface area (Å²) in [4.78, 5) is 13.1. The van der Waals surface area contributed by atoms with Gasteiger partial charge in [-0.15, -0.1) is 0 Å². The van der Waals surface area contributed by atoms with Crippen LogP contribution in [0.25, 0.3) is 10.8 Å². The van der Waals surface area contributed by atoms with Crippen molar-refractivity contribution in [2.24, 2.45) is 0 Å². The molecule has 0 aliphatic rings. The Balaban J connectivity index is 2.51. The third-order valence-corrected chi connectivity index (χ3v) is 4.15. The molecule has 2 aromatic rings. The molecule has 4 nitrogen and oxygen atoms in total. The van der Waals surface area contributed by atoms with Crippen LogP contribution < -0.4 is 4.74 Å². The van der Waals surface area contributed by atoms with Crippen LogP contribution in [0.1, 0.15) is 18.9 Å². The lowest BCUT2D eigenvalue weighted by Crippen LogP contribution is -2.40. The van der Waals surface area contributed by atoms with Crippen LogP contribution in [0, 0.1) is 0 Å². The van der Waals surface area contributed by atoms with Gasteiger partial charge in [0.1, 0.15) is 5.75 Å². The van der Waals surface area contributed by atoms with Crippen molar-refractivity contribution in [1.29, 1.82) is 0 Å². The van der Waals surface area contributed by atoms with E-state index in [4.69, 9.17) is 4.74 Å². The molecule has 0 saturated carbocycles. The third kappa shape index (κ3) is 3.00. The highest BCUT2D eigenvalue weighted by Crippen LogP contribution is 2.32. The molecule has 0 amide bonds. The molecule has 1 unspecified atom stereocenters. The van der Waals surface area contributed by atoms with Crippen LogP contribution in [-0.2, 0) is 10.3 Å². The van der Waals surface area contributed by atoms with Gasteiger partial charge in [0.15, 0.2) is 0 Å². The molecule has 0 aromatic heterocycles. The van der Waals surface area contributed by atoms with Crippen LogP contribution in [0.3, 0.4) is 0 Å². The van der Waals surface area contributed by atoms with Gasteiger partial charge in [-0.3, -0.25) is 9.69 Å². The fourth-order valence-corrected chi connectivity index (χ4v) is 2.50. The van der Waals surface area contributed by atoms with Crippen LogP contribution in [0.2, 0.25) is 0 Å². The van der Waals surface area contributed by atoms with Gasteiger partial charge in [0, 0.05) is 0 Å². The van der Waals surface area contributed by atoms with Gasteiger partial charge in [-0.1, -0.05) is 18.2 Å². The first-order chi connectivity index (χ1) is 9.86. The Labute approximate surface area is 124 Å². The summed E-state index contributed by atoms with van der Waals surface area (Å²) in [7, 11) is 5.45. The highest BCUT2D eigenvalue weighted by atomic mass is 16.5. The smallest absolute Gasteiger partial charge is 0.305 e. The number of hydrogen-bond donors (Lipinski definition) is 1. The van der Waals surface area contributed by atoms with Gasteiger partial charge in [-0.2, -0.15) is 0 Å². The lowest BCUT2D eigenvalue weighted by Gasteiger charge is -2.36. The Morgan fingerprint density at radius 2 is 1.81 bits per heavy atom. The number of carbonyl (C=O) groups is 1. The van der Waals surface area contributed by atoms with Gasteiger partial charge in [0.2, 0.25) is 0 Å². The average molecular weight is 287 g/mol. The maximum absolute atomic E-state index is 11.2. The molecule has 2 rings (SSSR count). The number of ether oxygens (including phenoxy) is 1. The number of carboxylic acids is 1. The molecule has 0 spiro atoms. The molecule has 112 valence electrons. The van der Waals surface area contributed by atoms with Crippen LogP contribution in [-0.4, -0.2) is 37.2 Å². The van der Waals surface area contributed by atoms with E-state index in [1.54, 1.807) is 7.11 Å². The molecule has 1 atom stereocenters. The normalized spacial score (nSPS) is 14.1. The molecule has 0 aliphatic heterocycles. The Hall–Kier alpha value is -2.07. The molecular weight excluding hydrogens is 266 g/mol. The fourth-order valence-electron chi connectivity index (χ4n) is 2.50. The first-order valence-corrected chi connectivity index (χ1v) is 6.84. The molecule has 0 aliphatic carbocycles. The predicted octanol–water partition coefficient (Wildman–Crippen LogP) is 3.10. The van der Waals surface area contributed by atoms with E-state index < -0.39 is 11.5 Å². The molecule has 0 fully saturated rings. The van der Waals surface area contributed by atoms with E-state index in [0.29, 0.717) is 0 Å². The number of methoxy groups -OCH3 is 1. The number of aliphatic carboxylic acids is 1. The molecule has 1 N–H and O–H groups in total. The number of carboxylic acid groups (broad SMARTS) is 1. The topological polar surface area (TPSA) is 49.8 Å². The summed E-state index contributed by atoms with van der Waals surface area (Å²) in [6, 6.07) is 11.9. The fraction of sp³-hybridized carbons (Fsp3) is 0.353. The molecule has 0 bridgehead atoms. The zero-order valence-electron chi connectivity index (χ0n) is 12.9. The summed E-state index contributed by atoms with van der Waals surface area (Å²) >= 11 is 0. The Morgan fingerprint density at radius 1 is 1.19 bits per heavy atom. The van der Waals surface area contributed by atoms with Crippen molar-refractivity contribution < 1.29 is 14.6 Å². The number of benzene rings is 2. The summed E-state index contributed by atoms with van der Waals surface area (Å²) in [6.45, 7) is 1.95. The number of rotatable bonds is 5. The van der Waals surface area contributed by atoms with E-state index in [9.17, 15) is 9.90 Å². The van der Waals surface area contributed by atoms with Gasteiger partial charge in [-0.05, 0) is 55.6 Å².